The molecule has 0 aliphatic carbocycles. The molecule has 1 aromatic rings. The standard InChI is InChI=1S/C16H24F2N2O/c1-3-4-5-6-7-8-11(2)20-15-9-12(16(19)21)13(17)10-14(15)18/h9-11,20H,3-8H2,1-2H3,(H2,19,21). The molecule has 0 radical (unpaired) electrons. The molecule has 0 aliphatic heterocycles. The molecule has 118 valence electrons. The Morgan fingerprint density at radius 3 is 2.48 bits per heavy atom. The summed E-state index contributed by atoms with van der Waals surface area (Å²) in [6.45, 7) is 4.10. The van der Waals surface area contributed by atoms with Crippen LogP contribution in [-0.2, 0) is 0 Å². The van der Waals surface area contributed by atoms with Crippen LogP contribution in [-0.4, -0.2) is 11.9 Å². The van der Waals surface area contributed by atoms with Gasteiger partial charge in [-0.25, -0.2) is 8.78 Å². The number of nitrogens with two attached hydrogens (primary N) is 1. The number of amides is 1. The van der Waals surface area contributed by atoms with Crippen molar-refractivity contribution in [1.82, 2.24) is 0 Å². The van der Waals surface area contributed by atoms with E-state index < -0.39 is 17.5 Å². The fourth-order valence-electron chi connectivity index (χ4n) is 2.24. The minimum absolute atomic E-state index is 0.0484. The lowest BCUT2D eigenvalue weighted by atomic mass is 10.1. The van der Waals surface area contributed by atoms with Crippen molar-refractivity contribution >= 4 is 11.6 Å². The third kappa shape index (κ3) is 5.69. The molecule has 21 heavy (non-hydrogen) atoms. The first-order chi connectivity index (χ1) is 9.95. The van der Waals surface area contributed by atoms with Gasteiger partial charge in [-0.2, -0.15) is 0 Å². The van der Waals surface area contributed by atoms with Gasteiger partial charge in [-0.1, -0.05) is 39.0 Å². The molecule has 5 heteroatoms. The van der Waals surface area contributed by atoms with E-state index in [0.29, 0.717) is 6.07 Å². The molecule has 1 aromatic carbocycles. The quantitative estimate of drug-likeness (QED) is 0.670. The monoisotopic (exact) mass is 298 g/mol. The third-order valence-corrected chi connectivity index (χ3v) is 3.46. The van der Waals surface area contributed by atoms with Gasteiger partial charge in [0.15, 0.2) is 0 Å². The van der Waals surface area contributed by atoms with Crippen molar-refractivity contribution in [2.24, 2.45) is 5.73 Å². The Balaban J connectivity index is 2.57. The van der Waals surface area contributed by atoms with Crippen molar-refractivity contribution in [1.29, 1.82) is 0 Å². The molecule has 1 unspecified atom stereocenters. The summed E-state index contributed by atoms with van der Waals surface area (Å²) in [6.07, 6.45) is 6.74. The first-order valence-corrected chi connectivity index (χ1v) is 7.51. The van der Waals surface area contributed by atoms with E-state index in [1.807, 2.05) is 6.92 Å². The highest BCUT2D eigenvalue weighted by molar-refractivity contribution is 5.94. The van der Waals surface area contributed by atoms with Crippen LogP contribution in [0.15, 0.2) is 12.1 Å². The molecule has 0 aliphatic rings. The number of anilines is 1. The van der Waals surface area contributed by atoms with Crippen LogP contribution in [0.25, 0.3) is 0 Å². The van der Waals surface area contributed by atoms with E-state index in [-0.39, 0.29) is 17.3 Å². The number of carbonyl (C=O) groups is 1. The Hall–Kier alpha value is -1.65. The summed E-state index contributed by atoms with van der Waals surface area (Å²) in [5.74, 6) is -2.55. The summed E-state index contributed by atoms with van der Waals surface area (Å²) in [6, 6.07) is 1.88. The SMILES string of the molecule is CCCCCCCC(C)Nc1cc(C(N)=O)c(F)cc1F. The number of unbranched alkanes of at least 4 members (excludes halogenated alkanes) is 4. The minimum atomic E-state index is -0.933. The zero-order chi connectivity index (χ0) is 15.8. The Morgan fingerprint density at radius 2 is 1.86 bits per heavy atom. The second kappa shape index (κ2) is 8.60. The van der Waals surface area contributed by atoms with Gasteiger partial charge in [0, 0.05) is 12.1 Å². The summed E-state index contributed by atoms with van der Waals surface area (Å²) >= 11 is 0. The fraction of sp³-hybridized carbons (Fsp3) is 0.562. The fourth-order valence-corrected chi connectivity index (χ4v) is 2.24. The number of primary amides is 1. The smallest absolute Gasteiger partial charge is 0.251 e. The highest BCUT2D eigenvalue weighted by Crippen LogP contribution is 2.21. The van der Waals surface area contributed by atoms with Crippen LogP contribution < -0.4 is 11.1 Å². The second-order valence-corrected chi connectivity index (χ2v) is 5.42. The van der Waals surface area contributed by atoms with E-state index in [9.17, 15) is 13.6 Å². The van der Waals surface area contributed by atoms with Crippen LogP contribution in [0.1, 0.15) is 62.7 Å². The number of hydrogen-bond acceptors (Lipinski definition) is 2. The summed E-state index contributed by atoms with van der Waals surface area (Å²) in [5, 5.41) is 2.97. The molecular weight excluding hydrogens is 274 g/mol. The normalized spacial score (nSPS) is 12.2. The molecular formula is C16H24F2N2O. The minimum Gasteiger partial charge on any atom is -0.380 e. The highest BCUT2D eigenvalue weighted by atomic mass is 19.1. The average Bonchev–Trinajstić information content (AvgIpc) is 2.41. The van der Waals surface area contributed by atoms with Crippen LogP contribution in [0, 0.1) is 11.6 Å². The largest absolute Gasteiger partial charge is 0.380 e. The highest BCUT2D eigenvalue weighted by Gasteiger charge is 2.15. The number of nitrogens with one attached hydrogen (secondary N) is 1. The zero-order valence-corrected chi connectivity index (χ0v) is 12.7. The molecule has 3 N–H and O–H groups in total. The maximum Gasteiger partial charge on any atom is 0.251 e. The van der Waals surface area contributed by atoms with Crippen LogP contribution in [0.2, 0.25) is 0 Å². The lowest BCUT2D eigenvalue weighted by molar-refractivity contribution is 0.0996. The van der Waals surface area contributed by atoms with E-state index >= 15 is 0 Å². The average molecular weight is 298 g/mol. The van der Waals surface area contributed by atoms with Crippen molar-refractivity contribution in [2.75, 3.05) is 5.32 Å². The summed E-state index contributed by atoms with van der Waals surface area (Å²) in [5.41, 5.74) is 4.88. The molecule has 0 saturated heterocycles. The maximum absolute atomic E-state index is 13.7. The molecule has 0 fully saturated rings. The van der Waals surface area contributed by atoms with Crippen LogP contribution in [0.4, 0.5) is 14.5 Å². The van der Waals surface area contributed by atoms with Crippen molar-refractivity contribution in [3.05, 3.63) is 29.3 Å². The maximum atomic E-state index is 13.7. The number of rotatable bonds is 9. The lowest BCUT2D eigenvalue weighted by Gasteiger charge is -2.16. The molecule has 3 nitrogen and oxygen atoms in total. The van der Waals surface area contributed by atoms with Gasteiger partial charge in [0.1, 0.15) is 11.6 Å². The Labute approximate surface area is 124 Å². The van der Waals surface area contributed by atoms with Gasteiger partial charge in [0.25, 0.3) is 5.91 Å². The molecule has 0 aromatic heterocycles. The molecule has 1 atom stereocenters. The number of hydrogen-bond donors (Lipinski definition) is 2. The van der Waals surface area contributed by atoms with Crippen molar-refractivity contribution in [3.63, 3.8) is 0 Å². The number of halogens is 2. The Kier molecular flexibility index (Phi) is 7.12. The van der Waals surface area contributed by atoms with E-state index in [4.69, 9.17) is 5.73 Å². The van der Waals surface area contributed by atoms with Crippen molar-refractivity contribution in [2.45, 2.75) is 58.4 Å². The Bertz CT molecular complexity index is 478. The van der Waals surface area contributed by atoms with Gasteiger partial charge in [-0.05, 0) is 19.4 Å². The van der Waals surface area contributed by atoms with Gasteiger partial charge in [0.05, 0.1) is 11.3 Å². The van der Waals surface area contributed by atoms with Gasteiger partial charge < -0.3 is 11.1 Å². The predicted octanol–water partition coefficient (Wildman–Crippen LogP) is 4.22. The third-order valence-electron chi connectivity index (χ3n) is 3.46. The van der Waals surface area contributed by atoms with Crippen molar-refractivity contribution < 1.29 is 13.6 Å². The summed E-state index contributed by atoms with van der Waals surface area (Å²) in [4.78, 5) is 11.1. The molecule has 0 spiro atoms. The van der Waals surface area contributed by atoms with Crippen LogP contribution in [0.5, 0.6) is 0 Å². The molecule has 0 saturated carbocycles. The molecule has 0 heterocycles. The van der Waals surface area contributed by atoms with Crippen LogP contribution >= 0.6 is 0 Å². The molecule has 0 bridgehead atoms. The topological polar surface area (TPSA) is 55.1 Å². The molecule has 1 rings (SSSR count). The predicted molar refractivity (Wildman–Crippen MR) is 81.3 cm³/mol. The first kappa shape index (κ1) is 17.4. The molecule has 1 amide bonds. The van der Waals surface area contributed by atoms with Crippen molar-refractivity contribution in [3.8, 4) is 0 Å². The van der Waals surface area contributed by atoms with Gasteiger partial charge in [-0.15, -0.1) is 0 Å². The Morgan fingerprint density at radius 1 is 1.19 bits per heavy atom. The zero-order valence-electron chi connectivity index (χ0n) is 12.7. The number of carbonyl (C=O) groups excluding carboxylic acids is 1. The van der Waals surface area contributed by atoms with E-state index in [1.54, 1.807) is 0 Å². The summed E-state index contributed by atoms with van der Waals surface area (Å²) in [7, 11) is 0. The van der Waals surface area contributed by atoms with E-state index in [1.165, 1.54) is 19.3 Å². The second-order valence-electron chi connectivity index (χ2n) is 5.42. The lowest BCUT2D eigenvalue weighted by Crippen LogP contribution is -2.18. The van der Waals surface area contributed by atoms with Gasteiger partial charge in [0.2, 0.25) is 0 Å². The first-order valence-electron chi connectivity index (χ1n) is 7.51. The number of benzene rings is 1. The van der Waals surface area contributed by atoms with Gasteiger partial charge in [-0.3, -0.25) is 4.79 Å². The summed E-state index contributed by atoms with van der Waals surface area (Å²) < 4.78 is 27.1. The van der Waals surface area contributed by atoms with Gasteiger partial charge >= 0.3 is 0 Å². The van der Waals surface area contributed by atoms with E-state index in [0.717, 1.165) is 25.3 Å². The van der Waals surface area contributed by atoms with Crippen LogP contribution in [0.3, 0.4) is 0 Å². The van der Waals surface area contributed by atoms with E-state index in [2.05, 4.69) is 12.2 Å².